The molecule has 2 N–H and O–H groups in total. The molecule has 1 heterocycles. The summed E-state index contributed by atoms with van der Waals surface area (Å²) in [5.74, 6) is 0. The van der Waals surface area contributed by atoms with E-state index in [9.17, 15) is 4.79 Å². The summed E-state index contributed by atoms with van der Waals surface area (Å²) >= 11 is 6.12. The Morgan fingerprint density at radius 1 is 1.19 bits per heavy atom. The van der Waals surface area contributed by atoms with Crippen molar-refractivity contribution in [3.05, 3.63) is 40.4 Å². The minimum atomic E-state index is -0.143. The number of piperidine rings is 1. The van der Waals surface area contributed by atoms with E-state index < -0.39 is 0 Å². The number of aryl methyl sites for hydroxylation is 1. The van der Waals surface area contributed by atoms with Crippen molar-refractivity contribution in [3.63, 3.8) is 0 Å². The molecule has 2 amide bonds. The SMILES string of the molecule is Cc1ccc(NC(=O)NC2CCN(C/C3=C\CCCCCC3)CC2)cc1Cl. The van der Waals surface area contributed by atoms with Gasteiger partial charge in [-0.2, -0.15) is 0 Å². The summed E-state index contributed by atoms with van der Waals surface area (Å²) in [5, 5.41) is 6.67. The minimum absolute atomic E-state index is 0.143. The second-order valence-electron chi connectivity index (χ2n) is 7.93. The van der Waals surface area contributed by atoms with E-state index in [0.717, 1.165) is 43.7 Å². The van der Waals surface area contributed by atoms with Crippen LogP contribution in [-0.4, -0.2) is 36.6 Å². The summed E-state index contributed by atoms with van der Waals surface area (Å²) in [7, 11) is 0. The number of rotatable bonds is 4. The average Bonchev–Trinajstić information content (AvgIpc) is 2.62. The zero-order valence-corrected chi connectivity index (χ0v) is 17.2. The van der Waals surface area contributed by atoms with E-state index in [1.165, 1.54) is 38.5 Å². The molecular formula is C22H32ClN3O. The highest BCUT2D eigenvalue weighted by Gasteiger charge is 2.21. The van der Waals surface area contributed by atoms with Crippen LogP contribution in [-0.2, 0) is 0 Å². The van der Waals surface area contributed by atoms with Crippen molar-refractivity contribution < 1.29 is 4.79 Å². The molecule has 1 aromatic rings. The molecule has 3 rings (SSSR count). The Kier molecular flexibility index (Phi) is 7.59. The molecule has 148 valence electrons. The van der Waals surface area contributed by atoms with Crippen molar-refractivity contribution in [2.24, 2.45) is 0 Å². The fourth-order valence-electron chi connectivity index (χ4n) is 3.95. The van der Waals surface area contributed by atoms with Crippen LogP contribution in [0.5, 0.6) is 0 Å². The quantitative estimate of drug-likeness (QED) is 0.666. The van der Waals surface area contributed by atoms with Crippen molar-refractivity contribution in [1.29, 1.82) is 0 Å². The molecule has 0 unspecified atom stereocenters. The molecule has 0 atom stereocenters. The molecule has 0 saturated carbocycles. The molecule has 4 nitrogen and oxygen atoms in total. The maximum atomic E-state index is 12.3. The third-order valence-corrected chi connectivity index (χ3v) is 6.07. The molecule has 2 aliphatic rings. The highest BCUT2D eigenvalue weighted by atomic mass is 35.5. The fraction of sp³-hybridized carbons (Fsp3) is 0.591. The van der Waals surface area contributed by atoms with Crippen LogP contribution in [0.15, 0.2) is 29.8 Å². The summed E-state index contributed by atoms with van der Waals surface area (Å²) < 4.78 is 0. The number of urea groups is 1. The first-order valence-electron chi connectivity index (χ1n) is 10.3. The summed E-state index contributed by atoms with van der Waals surface area (Å²) in [5.41, 5.74) is 3.36. The number of likely N-dealkylation sites (tertiary alicyclic amines) is 1. The second kappa shape index (κ2) is 10.1. The van der Waals surface area contributed by atoms with Gasteiger partial charge in [0.2, 0.25) is 0 Å². The monoisotopic (exact) mass is 389 g/mol. The third kappa shape index (κ3) is 6.54. The van der Waals surface area contributed by atoms with Gasteiger partial charge in [-0.1, -0.05) is 42.2 Å². The molecule has 27 heavy (non-hydrogen) atoms. The molecule has 1 fully saturated rings. The van der Waals surface area contributed by atoms with Crippen LogP contribution in [0.25, 0.3) is 0 Å². The Hall–Kier alpha value is -1.52. The Bertz CT molecular complexity index is 666. The number of hydrogen-bond acceptors (Lipinski definition) is 2. The summed E-state index contributed by atoms with van der Waals surface area (Å²) in [6.45, 7) is 5.17. The van der Waals surface area contributed by atoms with Gasteiger partial charge >= 0.3 is 6.03 Å². The number of nitrogens with one attached hydrogen (secondary N) is 2. The number of amides is 2. The molecule has 1 saturated heterocycles. The zero-order chi connectivity index (χ0) is 19.1. The van der Waals surface area contributed by atoms with Crippen LogP contribution in [0.3, 0.4) is 0 Å². The van der Waals surface area contributed by atoms with E-state index in [-0.39, 0.29) is 12.1 Å². The van der Waals surface area contributed by atoms with Gasteiger partial charge < -0.3 is 10.6 Å². The van der Waals surface area contributed by atoms with Crippen LogP contribution < -0.4 is 10.6 Å². The minimum Gasteiger partial charge on any atom is -0.335 e. The molecule has 0 spiro atoms. The molecule has 5 heteroatoms. The Morgan fingerprint density at radius 3 is 2.74 bits per heavy atom. The predicted octanol–water partition coefficient (Wildman–Crippen LogP) is 5.51. The largest absolute Gasteiger partial charge is 0.335 e. The lowest BCUT2D eigenvalue weighted by molar-refractivity contribution is 0.205. The van der Waals surface area contributed by atoms with Crippen LogP contribution in [0, 0.1) is 6.92 Å². The first-order valence-corrected chi connectivity index (χ1v) is 10.7. The molecule has 0 radical (unpaired) electrons. The molecule has 1 aromatic carbocycles. The molecule has 0 aromatic heterocycles. The van der Waals surface area contributed by atoms with E-state index in [1.807, 2.05) is 19.1 Å². The van der Waals surface area contributed by atoms with Crippen molar-refractivity contribution >= 4 is 23.3 Å². The lowest BCUT2D eigenvalue weighted by Gasteiger charge is -2.33. The summed E-state index contributed by atoms with van der Waals surface area (Å²) in [4.78, 5) is 14.8. The van der Waals surface area contributed by atoms with Crippen molar-refractivity contribution in [1.82, 2.24) is 10.2 Å². The topological polar surface area (TPSA) is 44.4 Å². The Morgan fingerprint density at radius 2 is 1.96 bits per heavy atom. The number of hydrogen-bond donors (Lipinski definition) is 2. The summed E-state index contributed by atoms with van der Waals surface area (Å²) in [6.07, 6.45) is 12.5. The maximum absolute atomic E-state index is 12.3. The van der Waals surface area contributed by atoms with E-state index in [2.05, 4.69) is 21.6 Å². The molecule has 0 bridgehead atoms. The number of allylic oxidation sites excluding steroid dienone is 1. The zero-order valence-electron chi connectivity index (χ0n) is 16.4. The number of benzene rings is 1. The maximum Gasteiger partial charge on any atom is 0.319 e. The normalized spacial score (nSPS) is 21.6. The molecule has 1 aliphatic carbocycles. The smallest absolute Gasteiger partial charge is 0.319 e. The second-order valence-corrected chi connectivity index (χ2v) is 8.34. The lowest BCUT2D eigenvalue weighted by atomic mass is 9.98. The van der Waals surface area contributed by atoms with E-state index in [1.54, 1.807) is 11.6 Å². The Labute approximate surface area is 168 Å². The van der Waals surface area contributed by atoms with Crippen LogP contribution in [0.2, 0.25) is 5.02 Å². The number of nitrogens with zero attached hydrogens (tertiary/aromatic N) is 1. The third-order valence-electron chi connectivity index (χ3n) is 5.66. The molecule has 1 aliphatic heterocycles. The van der Waals surface area contributed by atoms with E-state index >= 15 is 0 Å². The van der Waals surface area contributed by atoms with Gasteiger partial charge in [0.1, 0.15) is 0 Å². The van der Waals surface area contributed by atoms with Gasteiger partial charge in [-0.05, 0) is 63.1 Å². The number of halogens is 1. The van der Waals surface area contributed by atoms with Crippen molar-refractivity contribution in [3.8, 4) is 0 Å². The van der Waals surface area contributed by atoms with Crippen molar-refractivity contribution in [2.75, 3.05) is 25.0 Å². The van der Waals surface area contributed by atoms with Gasteiger partial charge in [0, 0.05) is 36.4 Å². The highest BCUT2D eigenvalue weighted by molar-refractivity contribution is 6.31. The standard InChI is InChI=1S/C22H32ClN3O/c1-17-9-10-20(15-21(17)23)25-22(27)24-19-11-13-26(14-12-19)16-18-7-5-3-2-4-6-8-18/h7,9-10,15,19H,2-6,8,11-14,16H2,1H3,(H2,24,25,27)/b18-7-. The van der Waals surface area contributed by atoms with Crippen molar-refractivity contribution in [2.45, 2.75) is 64.3 Å². The Balaban J connectivity index is 1.40. The van der Waals surface area contributed by atoms with Gasteiger partial charge in [0.05, 0.1) is 0 Å². The lowest BCUT2D eigenvalue weighted by Crippen LogP contribution is -2.46. The number of anilines is 1. The van der Waals surface area contributed by atoms with Crippen LogP contribution in [0.4, 0.5) is 10.5 Å². The fourth-order valence-corrected chi connectivity index (χ4v) is 4.13. The summed E-state index contributed by atoms with van der Waals surface area (Å²) in [6, 6.07) is 5.69. The van der Waals surface area contributed by atoms with Gasteiger partial charge in [-0.15, -0.1) is 0 Å². The first kappa shape index (κ1) is 20.2. The number of carbonyl (C=O) groups is 1. The first-order chi connectivity index (χ1) is 13.1. The van der Waals surface area contributed by atoms with Gasteiger partial charge in [0.15, 0.2) is 0 Å². The van der Waals surface area contributed by atoms with Crippen LogP contribution >= 0.6 is 11.6 Å². The van der Waals surface area contributed by atoms with E-state index in [0.29, 0.717) is 5.02 Å². The van der Waals surface area contributed by atoms with Gasteiger partial charge in [-0.25, -0.2) is 4.79 Å². The van der Waals surface area contributed by atoms with Gasteiger partial charge in [-0.3, -0.25) is 4.90 Å². The number of carbonyl (C=O) groups excluding carboxylic acids is 1. The van der Waals surface area contributed by atoms with Crippen LogP contribution in [0.1, 0.15) is 56.9 Å². The predicted molar refractivity (Wildman–Crippen MR) is 114 cm³/mol. The van der Waals surface area contributed by atoms with Gasteiger partial charge in [0.25, 0.3) is 0 Å². The molecular weight excluding hydrogens is 358 g/mol. The van der Waals surface area contributed by atoms with E-state index in [4.69, 9.17) is 11.6 Å². The average molecular weight is 390 g/mol. The highest BCUT2D eigenvalue weighted by Crippen LogP contribution is 2.21.